The zero-order valence-electron chi connectivity index (χ0n) is 11.0. The van der Waals surface area contributed by atoms with E-state index in [2.05, 4.69) is 4.98 Å². The summed E-state index contributed by atoms with van der Waals surface area (Å²) in [4.78, 5) is 17.3. The predicted octanol–water partition coefficient (Wildman–Crippen LogP) is 2.79. The van der Waals surface area contributed by atoms with Crippen molar-refractivity contribution >= 4 is 28.8 Å². The molecule has 0 radical (unpaired) electrons. The first-order valence-corrected chi connectivity index (χ1v) is 6.13. The Labute approximate surface area is 112 Å². The fourth-order valence-electron chi connectivity index (χ4n) is 1.86. The average Bonchev–Trinajstić information content (AvgIpc) is 2.43. The highest BCUT2D eigenvalue weighted by atomic mass is 16.4. The maximum absolute atomic E-state index is 10.7. The molecule has 1 N–H and O–H groups in total. The van der Waals surface area contributed by atoms with E-state index in [-0.39, 0.29) is 0 Å². The summed E-state index contributed by atoms with van der Waals surface area (Å²) in [6.07, 6.45) is 2.72. The molecule has 0 aliphatic heterocycles. The number of anilines is 1. The number of carboxylic acids is 1. The molecule has 0 bridgehead atoms. The second-order valence-corrected chi connectivity index (χ2v) is 4.28. The van der Waals surface area contributed by atoms with Crippen molar-refractivity contribution in [3.05, 3.63) is 42.0 Å². The highest BCUT2D eigenvalue weighted by Gasteiger charge is 2.08. The minimum Gasteiger partial charge on any atom is -0.478 e. The van der Waals surface area contributed by atoms with E-state index in [4.69, 9.17) is 5.11 Å². The molecule has 19 heavy (non-hydrogen) atoms. The Morgan fingerprint density at radius 3 is 2.84 bits per heavy atom. The summed E-state index contributed by atoms with van der Waals surface area (Å²) >= 11 is 0. The van der Waals surface area contributed by atoms with Gasteiger partial charge in [-0.2, -0.15) is 0 Å². The standard InChI is InChI=1S/C15H16N2O2/c1-3-17(2)15-12(8-9-14(18)19)10-11-6-4-5-7-13(11)16-15/h4-10H,3H2,1-2H3,(H,18,19)/b9-8+. The molecule has 1 aromatic carbocycles. The molecule has 0 fully saturated rings. The van der Waals surface area contributed by atoms with Crippen molar-refractivity contribution in [3.63, 3.8) is 0 Å². The van der Waals surface area contributed by atoms with E-state index in [9.17, 15) is 4.79 Å². The van der Waals surface area contributed by atoms with Gasteiger partial charge in [-0.15, -0.1) is 0 Å². The normalized spacial score (nSPS) is 11.1. The van der Waals surface area contributed by atoms with E-state index in [1.807, 2.05) is 49.2 Å². The Bertz CT molecular complexity index is 635. The Balaban J connectivity index is 2.60. The van der Waals surface area contributed by atoms with E-state index in [1.165, 1.54) is 0 Å². The molecule has 4 heteroatoms. The van der Waals surface area contributed by atoms with Gasteiger partial charge in [0.1, 0.15) is 5.82 Å². The van der Waals surface area contributed by atoms with E-state index in [1.54, 1.807) is 6.08 Å². The summed E-state index contributed by atoms with van der Waals surface area (Å²) in [6, 6.07) is 9.77. The lowest BCUT2D eigenvalue weighted by atomic mass is 10.1. The second kappa shape index (κ2) is 5.52. The summed E-state index contributed by atoms with van der Waals surface area (Å²) in [5.41, 5.74) is 1.72. The largest absolute Gasteiger partial charge is 0.478 e. The fraction of sp³-hybridized carbons (Fsp3) is 0.200. The third-order valence-electron chi connectivity index (χ3n) is 2.97. The number of fused-ring (bicyclic) bond motifs is 1. The van der Waals surface area contributed by atoms with Gasteiger partial charge in [-0.05, 0) is 25.1 Å². The lowest BCUT2D eigenvalue weighted by molar-refractivity contribution is -0.131. The van der Waals surface area contributed by atoms with Gasteiger partial charge in [-0.1, -0.05) is 18.2 Å². The van der Waals surface area contributed by atoms with Crippen LogP contribution in [0.4, 0.5) is 5.82 Å². The van der Waals surface area contributed by atoms with Crippen molar-refractivity contribution in [2.24, 2.45) is 0 Å². The van der Waals surface area contributed by atoms with Crippen LogP contribution in [0.3, 0.4) is 0 Å². The number of aliphatic carboxylic acids is 1. The molecule has 2 aromatic rings. The number of benzene rings is 1. The molecule has 4 nitrogen and oxygen atoms in total. The topological polar surface area (TPSA) is 53.4 Å². The van der Waals surface area contributed by atoms with Crippen molar-refractivity contribution < 1.29 is 9.90 Å². The minimum atomic E-state index is -0.960. The van der Waals surface area contributed by atoms with Gasteiger partial charge in [0.2, 0.25) is 0 Å². The minimum absolute atomic E-state index is 0.790. The molecule has 0 saturated carbocycles. The van der Waals surface area contributed by atoms with Crippen LogP contribution >= 0.6 is 0 Å². The van der Waals surface area contributed by atoms with Crippen LogP contribution in [-0.4, -0.2) is 29.7 Å². The lowest BCUT2D eigenvalue weighted by Crippen LogP contribution is -2.18. The van der Waals surface area contributed by atoms with Crippen LogP contribution in [0.1, 0.15) is 12.5 Å². The van der Waals surface area contributed by atoms with Crippen LogP contribution < -0.4 is 4.90 Å². The molecule has 0 unspecified atom stereocenters. The first-order valence-electron chi connectivity index (χ1n) is 6.13. The highest BCUT2D eigenvalue weighted by Crippen LogP contribution is 2.24. The monoisotopic (exact) mass is 256 g/mol. The summed E-state index contributed by atoms with van der Waals surface area (Å²) in [6.45, 7) is 2.83. The van der Waals surface area contributed by atoms with Crippen molar-refractivity contribution in [2.75, 3.05) is 18.5 Å². The second-order valence-electron chi connectivity index (χ2n) is 4.28. The average molecular weight is 256 g/mol. The van der Waals surface area contributed by atoms with Gasteiger partial charge in [0, 0.05) is 30.6 Å². The van der Waals surface area contributed by atoms with Crippen LogP contribution in [0, 0.1) is 0 Å². The molecule has 0 aliphatic carbocycles. The van der Waals surface area contributed by atoms with Gasteiger partial charge in [-0.25, -0.2) is 9.78 Å². The number of hydrogen-bond donors (Lipinski definition) is 1. The van der Waals surface area contributed by atoms with E-state index in [0.717, 1.165) is 34.9 Å². The number of rotatable bonds is 4. The number of nitrogens with zero attached hydrogens (tertiary/aromatic N) is 2. The summed E-state index contributed by atoms with van der Waals surface area (Å²) in [5.74, 6) is -0.169. The third kappa shape index (κ3) is 2.91. The molecule has 1 aromatic heterocycles. The number of carboxylic acid groups (broad SMARTS) is 1. The lowest BCUT2D eigenvalue weighted by Gasteiger charge is -2.18. The summed E-state index contributed by atoms with van der Waals surface area (Å²) in [5, 5.41) is 9.75. The van der Waals surface area contributed by atoms with Crippen molar-refractivity contribution in [3.8, 4) is 0 Å². The number of pyridine rings is 1. The quantitative estimate of drug-likeness (QED) is 0.855. The Hall–Kier alpha value is -2.36. The molecule has 98 valence electrons. The van der Waals surface area contributed by atoms with Crippen LogP contribution in [-0.2, 0) is 4.79 Å². The van der Waals surface area contributed by atoms with Crippen LogP contribution in [0.25, 0.3) is 17.0 Å². The first kappa shape index (κ1) is 13.1. The van der Waals surface area contributed by atoms with Gasteiger partial charge in [0.15, 0.2) is 0 Å². The Kier molecular flexibility index (Phi) is 3.80. The molecular weight excluding hydrogens is 240 g/mol. The van der Waals surface area contributed by atoms with Crippen molar-refractivity contribution in [2.45, 2.75) is 6.92 Å². The van der Waals surface area contributed by atoms with E-state index < -0.39 is 5.97 Å². The first-order chi connectivity index (χ1) is 9.11. The SMILES string of the molecule is CCN(C)c1nc2ccccc2cc1/C=C/C(=O)O. The number of hydrogen-bond acceptors (Lipinski definition) is 3. The maximum atomic E-state index is 10.7. The van der Waals surface area contributed by atoms with Crippen LogP contribution in [0.5, 0.6) is 0 Å². The van der Waals surface area contributed by atoms with Crippen LogP contribution in [0.15, 0.2) is 36.4 Å². The Morgan fingerprint density at radius 2 is 2.16 bits per heavy atom. The number of para-hydroxylation sites is 1. The van der Waals surface area contributed by atoms with Gasteiger partial charge < -0.3 is 10.0 Å². The maximum Gasteiger partial charge on any atom is 0.328 e. The zero-order chi connectivity index (χ0) is 13.8. The molecule has 0 amide bonds. The Morgan fingerprint density at radius 1 is 1.42 bits per heavy atom. The molecule has 0 saturated heterocycles. The molecule has 0 atom stereocenters. The van der Waals surface area contributed by atoms with Gasteiger partial charge in [-0.3, -0.25) is 0 Å². The molecule has 1 heterocycles. The number of carbonyl (C=O) groups is 1. The zero-order valence-corrected chi connectivity index (χ0v) is 11.0. The summed E-state index contributed by atoms with van der Waals surface area (Å²) < 4.78 is 0. The summed E-state index contributed by atoms with van der Waals surface area (Å²) in [7, 11) is 1.94. The molecular formula is C15H16N2O2. The van der Waals surface area contributed by atoms with Crippen molar-refractivity contribution in [1.29, 1.82) is 0 Å². The van der Waals surface area contributed by atoms with Gasteiger partial charge in [0.25, 0.3) is 0 Å². The van der Waals surface area contributed by atoms with E-state index >= 15 is 0 Å². The fourth-order valence-corrected chi connectivity index (χ4v) is 1.86. The molecule has 0 aliphatic rings. The number of aromatic nitrogens is 1. The van der Waals surface area contributed by atoms with Crippen LogP contribution in [0.2, 0.25) is 0 Å². The highest BCUT2D eigenvalue weighted by molar-refractivity contribution is 5.90. The van der Waals surface area contributed by atoms with Gasteiger partial charge >= 0.3 is 5.97 Å². The predicted molar refractivity (Wildman–Crippen MR) is 77.4 cm³/mol. The molecule has 0 spiro atoms. The smallest absolute Gasteiger partial charge is 0.328 e. The van der Waals surface area contributed by atoms with Crippen molar-refractivity contribution in [1.82, 2.24) is 4.98 Å². The molecule has 2 rings (SSSR count). The van der Waals surface area contributed by atoms with E-state index in [0.29, 0.717) is 0 Å². The van der Waals surface area contributed by atoms with Gasteiger partial charge in [0.05, 0.1) is 5.52 Å². The third-order valence-corrected chi connectivity index (χ3v) is 2.97.